The predicted octanol–water partition coefficient (Wildman–Crippen LogP) is 1.76. The summed E-state index contributed by atoms with van der Waals surface area (Å²) in [5, 5.41) is 19.3. The second kappa shape index (κ2) is 6.22. The van der Waals surface area contributed by atoms with Crippen molar-refractivity contribution in [2.24, 2.45) is 0 Å². The number of carboxylic acid groups (broad SMARTS) is 1. The Labute approximate surface area is 136 Å². The summed E-state index contributed by atoms with van der Waals surface area (Å²) in [5.74, 6) is 0.673. The zero-order valence-electron chi connectivity index (χ0n) is 12.1. The van der Waals surface area contributed by atoms with Crippen LogP contribution in [0, 0.1) is 11.3 Å². The molecule has 3 rings (SSSR count). The van der Waals surface area contributed by atoms with E-state index in [0.717, 1.165) is 5.39 Å². The quantitative estimate of drug-likeness (QED) is 0.835. The molecule has 1 aliphatic heterocycles. The van der Waals surface area contributed by atoms with Gasteiger partial charge in [-0.1, -0.05) is 11.6 Å². The Kier molecular flexibility index (Phi) is 4.12. The molecule has 9 heteroatoms. The van der Waals surface area contributed by atoms with Crippen molar-refractivity contribution in [1.29, 1.82) is 5.26 Å². The van der Waals surface area contributed by atoms with E-state index in [9.17, 15) is 9.90 Å². The van der Waals surface area contributed by atoms with E-state index in [0.29, 0.717) is 36.1 Å². The molecule has 1 atom stereocenters. The van der Waals surface area contributed by atoms with Crippen LogP contribution in [0.3, 0.4) is 0 Å². The predicted molar refractivity (Wildman–Crippen MR) is 83.3 cm³/mol. The molecule has 2 aromatic heterocycles. The minimum atomic E-state index is -1.01. The first kappa shape index (κ1) is 15.2. The van der Waals surface area contributed by atoms with Crippen molar-refractivity contribution in [3.63, 3.8) is 0 Å². The first-order chi connectivity index (χ1) is 11.1. The Morgan fingerprint density at radius 3 is 3.00 bits per heavy atom. The summed E-state index contributed by atoms with van der Waals surface area (Å²) in [6.07, 6.45) is 2.17. The van der Waals surface area contributed by atoms with Gasteiger partial charge in [0.05, 0.1) is 29.4 Å². The first-order valence-corrected chi connectivity index (χ1v) is 7.35. The number of hydrogen-bond donors (Lipinski definition) is 1. The minimum Gasteiger partial charge on any atom is -0.465 e. The summed E-state index contributed by atoms with van der Waals surface area (Å²) >= 11 is 5.88. The van der Waals surface area contributed by atoms with Gasteiger partial charge >= 0.3 is 6.09 Å². The Morgan fingerprint density at radius 1 is 1.43 bits per heavy atom. The summed E-state index contributed by atoms with van der Waals surface area (Å²) in [6.45, 7) is 1.20. The molecule has 118 valence electrons. The maximum atomic E-state index is 11.3. The lowest BCUT2D eigenvalue weighted by atomic mass is 10.1. The fraction of sp³-hybridized carbons (Fsp3) is 0.357. The highest BCUT2D eigenvalue weighted by atomic mass is 35.5. The molecular formula is C14H13ClN6O2. The molecule has 0 unspecified atom stereocenters. The van der Waals surface area contributed by atoms with E-state index in [-0.39, 0.29) is 6.42 Å². The fourth-order valence-electron chi connectivity index (χ4n) is 2.75. The van der Waals surface area contributed by atoms with Crippen LogP contribution >= 0.6 is 11.6 Å². The molecule has 1 fully saturated rings. The molecule has 0 bridgehead atoms. The van der Waals surface area contributed by atoms with Gasteiger partial charge in [0, 0.05) is 31.9 Å². The second-order valence-corrected chi connectivity index (χ2v) is 5.55. The summed E-state index contributed by atoms with van der Waals surface area (Å²) in [4.78, 5) is 27.1. The third-order valence-electron chi connectivity index (χ3n) is 3.82. The standard InChI is InChI=1S/C14H13ClN6O2/c15-12-5-11-10(6-17-12)13(19-8-18-11)20-3-4-21(14(22)23)9(7-20)1-2-16/h5-6,8-9H,1,3-4,7H2,(H,22,23)/t9-/m0/s1. The van der Waals surface area contributed by atoms with Crippen molar-refractivity contribution >= 4 is 34.4 Å². The van der Waals surface area contributed by atoms with Crippen LogP contribution < -0.4 is 4.90 Å². The SMILES string of the molecule is N#CC[C@H]1CN(c2ncnc3cc(Cl)ncc23)CCN1C(=O)O. The Bertz CT molecular complexity index is 792. The Morgan fingerprint density at radius 2 is 2.26 bits per heavy atom. The molecule has 0 spiro atoms. The Balaban J connectivity index is 1.94. The molecule has 2 aromatic rings. The number of amides is 1. The lowest BCUT2D eigenvalue weighted by Crippen LogP contribution is -2.55. The lowest BCUT2D eigenvalue weighted by Gasteiger charge is -2.39. The number of carbonyl (C=O) groups is 1. The van der Waals surface area contributed by atoms with Gasteiger partial charge in [-0.15, -0.1) is 0 Å². The molecule has 0 aromatic carbocycles. The minimum absolute atomic E-state index is 0.135. The molecule has 0 radical (unpaired) electrons. The van der Waals surface area contributed by atoms with Crippen molar-refractivity contribution in [3.05, 3.63) is 23.7 Å². The average Bonchev–Trinajstić information content (AvgIpc) is 2.54. The zero-order chi connectivity index (χ0) is 16.4. The van der Waals surface area contributed by atoms with Crippen LogP contribution in [0.25, 0.3) is 10.9 Å². The first-order valence-electron chi connectivity index (χ1n) is 6.98. The van der Waals surface area contributed by atoms with E-state index in [2.05, 4.69) is 15.0 Å². The number of nitrogens with zero attached hydrogens (tertiary/aromatic N) is 6. The number of rotatable bonds is 2. The number of halogens is 1. The highest BCUT2D eigenvalue weighted by Crippen LogP contribution is 2.26. The van der Waals surface area contributed by atoms with Crippen LogP contribution in [-0.4, -0.2) is 56.7 Å². The molecule has 0 aliphatic carbocycles. The van der Waals surface area contributed by atoms with E-state index in [1.54, 1.807) is 12.3 Å². The molecular weight excluding hydrogens is 320 g/mol. The van der Waals surface area contributed by atoms with Crippen molar-refractivity contribution in [2.45, 2.75) is 12.5 Å². The number of aromatic nitrogens is 3. The lowest BCUT2D eigenvalue weighted by molar-refractivity contribution is 0.119. The zero-order valence-corrected chi connectivity index (χ0v) is 12.8. The van der Waals surface area contributed by atoms with Crippen LogP contribution in [-0.2, 0) is 0 Å². The smallest absolute Gasteiger partial charge is 0.407 e. The van der Waals surface area contributed by atoms with Crippen LogP contribution in [0.5, 0.6) is 0 Å². The van der Waals surface area contributed by atoms with Gasteiger partial charge in [-0.05, 0) is 0 Å². The van der Waals surface area contributed by atoms with Gasteiger partial charge in [-0.2, -0.15) is 5.26 Å². The van der Waals surface area contributed by atoms with Crippen molar-refractivity contribution < 1.29 is 9.90 Å². The molecule has 1 N–H and O–H groups in total. The van der Waals surface area contributed by atoms with Gasteiger partial charge in [0.1, 0.15) is 17.3 Å². The van der Waals surface area contributed by atoms with Crippen molar-refractivity contribution in [2.75, 3.05) is 24.5 Å². The van der Waals surface area contributed by atoms with Gasteiger partial charge in [0.15, 0.2) is 0 Å². The van der Waals surface area contributed by atoms with Crippen LogP contribution in [0.2, 0.25) is 5.15 Å². The van der Waals surface area contributed by atoms with Gasteiger partial charge in [-0.3, -0.25) is 0 Å². The third-order valence-corrected chi connectivity index (χ3v) is 4.03. The van der Waals surface area contributed by atoms with E-state index in [1.807, 2.05) is 11.0 Å². The van der Waals surface area contributed by atoms with E-state index < -0.39 is 12.1 Å². The number of fused-ring (bicyclic) bond motifs is 1. The maximum absolute atomic E-state index is 11.3. The van der Waals surface area contributed by atoms with Crippen molar-refractivity contribution in [1.82, 2.24) is 19.9 Å². The second-order valence-electron chi connectivity index (χ2n) is 5.16. The molecule has 8 nitrogen and oxygen atoms in total. The average molecular weight is 333 g/mol. The normalized spacial score (nSPS) is 18.0. The molecule has 1 amide bonds. The summed E-state index contributed by atoms with van der Waals surface area (Å²) in [6, 6.07) is 3.31. The van der Waals surface area contributed by atoms with E-state index in [4.69, 9.17) is 16.9 Å². The molecule has 23 heavy (non-hydrogen) atoms. The molecule has 1 aliphatic rings. The molecule has 3 heterocycles. The third kappa shape index (κ3) is 2.96. The van der Waals surface area contributed by atoms with E-state index >= 15 is 0 Å². The number of nitriles is 1. The van der Waals surface area contributed by atoms with Gasteiger partial charge in [-0.25, -0.2) is 19.7 Å². The topological polar surface area (TPSA) is 106 Å². The summed E-state index contributed by atoms with van der Waals surface area (Å²) in [7, 11) is 0. The fourth-order valence-corrected chi connectivity index (χ4v) is 2.90. The van der Waals surface area contributed by atoms with Gasteiger partial charge < -0.3 is 14.9 Å². The molecule has 0 saturated carbocycles. The molecule has 1 saturated heterocycles. The monoisotopic (exact) mass is 332 g/mol. The van der Waals surface area contributed by atoms with Crippen LogP contribution in [0.1, 0.15) is 6.42 Å². The highest BCUT2D eigenvalue weighted by molar-refractivity contribution is 6.30. The van der Waals surface area contributed by atoms with Crippen LogP contribution in [0.15, 0.2) is 18.6 Å². The highest BCUT2D eigenvalue weighted by Gasteiger charge is 2.31. The summed E-state index contributed by atoms with van der Waals surface area (Å²) < 4.78 is 0. The van der Waals surface area contributed by atoms with Crippen LogP contribution in [0.4, 0.5) is 10.6 Å². The largest absolute Gasteiger partial charge is 0.465 e. The van der Waals surface area contributed by atoms with Crippen molar-refractivity contribution in [3.8, 4) is 6.07 Å². The summed E-state index contributed by atoms with van der Waals surface area (Å²) in [5.41, 5.74) is 0.674. The van der Waals surface area contributed by atoms with Gasteiger partial charge in [0.25, 0.3) is 0 Å². The number of hydrogen-bond acceptors (Lipinski definition) is 6. The number of pyridine rings is 1. The number of anilines is 1. The number of piperazine rings is 1. The van der Waals surface area contributed by atoms with Gasteiger partial charge in [0.2, 0.25) is 0 Å². The van der Waals surface area contributed by atoms with E-state index in [1.165, 1.54) is 11.2 Å². The Hall–Kier alpha value is -2.66. The maximum Gasteiger partial charge on any atom is 0.407 e.